The van der Waals surface area contributed by atoms with Gasteiger partial charge in [-0.15, -0.1) is 0 Å². The highest BCUT2D eigenvalue weighted by Gasteiger charge is 2.29. The number of rotatable bonds is 1. The van der Waals surface area contributed by atoms with E-state index in [9.17, 15) is 0 Å². The summed E-state index contributed by atoms with van der Waals surface area (Å²) in [6, 6.07) is 6.78. The maximum atomic E-state index is 5.40. The molecule has 0 unspecified atom stereocenters. The maximum Gasteiger partial charge on any atom is 0.106 e. The standard InChI is InChI=1S/C15H23NS/c1-15(2,3)12-7-9-13(10-8-12)16-11-5-4-6-14(16)17/h4-6,11-13H,7-10H2,1-3H3. The minimum atomic E-state index is 0.461. The lowest BCUT2D eigenvalue weighted by atomic mass is 9.71. The van der Waals surface area contributed by atoms with Gasteiger partial charge in [0.2, 0.25) is 0 Å². The summed E-state index contributed by atoms with van der Waals surface area (Å²) in [6.45, 7) is 7.10. The van der Waals surface area contributed by atoms with E-state index in [1.54, 1.807) is 0 Å². The number of nitrogens with zero attached hydrogens (tertiary/aromatic N) is 1. The van der Waals surface area contributed by atoms with Gasteiger partial charge in [0.05, 0.1) is 0 Å². The molecule has 2 heteroatoms. The highest BCUT2D eigenvalue weighted by molar-refractivity contribution is 7.71. The molecule has 1 fully saturated rings. The molecule has 0 bridgehead atoms. The summed E-state index contributed by atoms with van der Waals surface area (Å²) in [5.74, 6) is 0.872. The molecular formula is C15H23NS. The SMILES string of the molecule is CC(C)(C)C1CCC(n2ccccc2=S)CC1. The Kier molecular flexibility index (Phi) is 3.72. The molecule has 1 aliphatic rings. The van der Waals surface area contributed by atoms with Crippen LogP contribution in [0.4, 0.5) is 0 Å². The lowest BCUT2D eigenvalue weighted by molar-refractivity contribution is 0.151. The van der Waals surface area contributed by atoms with Crippen LogP contribution in [-0.2, 0) is 0 Å². The molecule has 1 saturated carbocycles. The zero-order chi connectivity index (χ0) is 12.5. The topological polar surface area (TPSA) is 4.93 Å². The molecule has 0 atom stereocenters. The minimum absolute atomic E-state index is 0.461. The summed E-state index contributed by atoms with van der Waals surface area (Å²) in [5, 5.41) is 0. The van der Waals surface area contributed by atoms with Gasteiger partial charge in [0.1, 0.15) is 4.64 Å². The maximum absolute atomic E-state index is 5.40. The van der Waals surface area contributed by atoms with Gasteiger partial charge in [-0.05, 0) is 49.1 Å². The van der Waals surface area contributed by atoms with Crippen LogP contribution >= 0.6 is 12.2 Å². The quantitative estimate of drug-likeness (QED) is 0.634. The summed E-state index contributed by atoms with van der Waals surface area (Å²) < 4.78 is 3.26. The molecule has 1 aromatic rings. The Bertz CT molecular complexity index is 419. The number of aromatic nitrogens is 1. The lowest BCUT2D eigenvalue weighted by Crippen LogP contribution is -2.27. The molecule has 17 heavy (non-hydrogen) atoms. The van der Waals surface area contributed by atoms with Gasteiger partial charge in [0.25, 0.3) is 0 Å². The van der Waals surface area contributed by atoms with Crippen molar-refractivity contribution in [3.63, 3.8) is 0 Å². The smallest absolute Gasteiger partial charge is 0.106 e. The fourth-order valence-corrected chi connectivity index (χ4v) is 3.25. The molecule has 1 aromatic heterocycles. The number of pyridine rings is 1. The van der Waals surface area contributed by atoms with Gasteiger partial charge in [-0.1, -0.05) is 39.1 Å². The number of hydrogen-bond acceptors (Lipinski definition) is 1. The molecule has 1 nitrogen and oxygen atoms in total. The second kappa shape index (κ2) is 4.93. The van der Waals surface area contributed by atoms with E-state index in [1.807, 2.05) is 12.1 Å². The first-order chi connectivity index (χ1) is 7.98. The predicted octanol–water partition coefficient (Wildman–Crippen LogP) is 4.99. The molecule has 2 rings (SSSR count). The van der Waals surface area contributed by atoms with Crippen LogP contribution in [0.2, 0.25) is 0 Å². The van der Waals surface area contributed by atoms with Crippen molar-refractivity contribution in [3.05, 3.63) is 29.0 Å². The summed E-state index contributed by atoms with van der Waals surface area (Å²) in [7, 11) is 0. The van der Waals surface area contributed by atoms with E-state index in [0.29, 0.717) is 11.5 Å². The fourth-order valence-electron chi connectivity index (χ4n) is 2.96. The summed E-state index contributed by atoms with van der Waals surface area (Å²) in [4.78, 5) is 0. The Morgan fingerprint density at radius 1 is 1.12 bits per heavy atom. The molecule has 0 aliphatic heterocycles. The highest BCUT2D eigenvalue weighted by Crippen LogP contribution is 2.41. The van der Waals surface area contributed by atoms with E-state index in [1.165, 1.54) is 25.7 Å². The molecule has 1 aliphatic carbocycles. The average Bonchev–Trinajstić information content (AvgIpc) is 2.29. The van der Waals surface area contributed by atoms with E-state index >= 15 is 0 Å². The van der Waals surface area contributed by atoms with Gasteiger partial charge in [-0.2, -0.15) is 0 Å². The van der Waals surface area contributed by atoms with Crippen molar-refractivity contribution in [2.75, 3.05) is 0 Å². The second-order valence-electron chi connectivity index (χ2n) is 6.32. The molecule has 0 radical (unpaired) electrons. The van der Waals surface area contributed by atoms with Crippen LogP contribution in [0.1, 0.15) is 52.5 Å². The molecule has 94 valence electrons. The van der Waals surface area contributed by atoms with Crippen LogP contribution in [-0.4, -0.2) is 4.57 Å². The molecule has 0 aromatic carbocycles. The second-order valence-corrected chi connectivity index (χ2v) is 6.74. The van der Waals surface area contributed by atoms with Gasteiger partial charge < -0.3 is 4.57 Å². The van der Waals surface area contributed by atoms with Gasteiger partial charge >= 0.3 is 0 Å². The van der Waals surface area contributed by atoms with Crippen molar-refractivity contribution in [1.29, 1.82) is 0 Å². The van der Waals surface area contributed by atoms with Gasteiger partial charge in [-0.25, -0.2) is 0 Å². The van der Waals surface area contributed by atoms with E-state index < -0.39 is 0 Å². The van der Waals surface area contributed by atoms with Crippen LogP contribution in [0, 0.1) is 16.0 Å². The van der Waals surface area contributed by atoms with Crippen molar-refractivity contribution in [1.82, 2.24) is 4.57 Å². The highest BCUT2D eigenvalue weighted by atomic mass is 32.1. The third kappa shape index (κ3) is 2.98. The van der Waals surface area contributed by atoms with Crippen molar-refractivity contribution in [2.45, 2.75) is 52.5 Å². The Hall–Kier alpha value is -0.630. The van der Waals surface area contributed by atoms with Crippen molar-refractivity contribution >= 4 is 12.2 Å². The van der Waals surface area contributed by atoms with E-state index in [0.717, 1.165) is 10.6 Å². The van der Waals surface area contributed by atoms with E-state index in [-0.39, 0.29) is 0 Å². The van der Waals surface area contributed by atoms with Gasteiger partial charge in [0, 0.05) is 12.2 Å². The lowest BCUT2D eigenvalue weighted by Gasteiger charge is -2.37. The van der Waals surface area contributed by atoms with Gasteiger partial charge in [0.15, 0.2) is 0 Å². The molecular weight excluding hydrogens is 226 g/mol. The van der Waals surface area contributed by atoms with Crippen LogP contribution in [0.3, 0.4) is 0 Å². The Morgan fingerprint density at radius 2 is 1.76 bits per heavy atom. The molecule has 1 heterocycles. The molecule has 0 amide bonds. The van der Waals surface area contributed by atoms with Crippen molar-refractivity contribution in [2.24, 2.45) is 11.3 Å². The van der Waals surface area contributed by atoms with E-state index in [2.05, 4.69) is 37.6 Å². The molecule has 0 saturated heterocycles. The summed E-state index contributed by atoms with van der Waals surface area (Å²) in [6.07, 6.45) is 7.38. The van der Waals surface area contributed by atoms with E-state index in [4.69, 9.17) is 12.2 Å². The zero-order valence-corrected chi connectivity index (χ0v) is 12.0. The van der Waals surface area contributed by atoms with Crippen LogP contribution in [0.5, 0.6) is 0 Å². The third-order valence-electron chi connectivity index (χ3n) is 4.17. The van der Waals surface area contributed by atoms with Crippen molar-refractivity contribution < 1.29 is 0 Å². The number of hydrogen-bond donors (Lipinski definition) is 0. The van der Waals surface area contributed by atoms with Gasteiger partial charge in [-0.3, -0.25) is 0 Å². The van der Waals surface area contributed by atoms with Crippen LogP contribution in [0.25, 0.3) is 0 Å². The third-order valence-corrected chi connectivity index (χ3v) is 4.51. The average molecular weight is 249 g/mol. The molecule has 0 N–H and O–H groups in total. The Morgan fingerprint density at radius 3 is 2.29 bits per heavy atom. The fraction of sp³-hybridized carbons (Fsp3) is 0.667. The Balaban J connectivity index is 2.05. The molecule has 0 spiro atoms. The minimum Gasteiger partial charge on any atom is -0.336 e. The van der Waals surface area contributed by atoms with Crippen molar-refractivity contribution in [3.8, 4) is 0 Å². The Labute approximate surface area is 110 Å². The normalized spacial score (nSPS) is 25.8. The summed E-state index contributed by atoms with van der Waals surface area (Å²) >= 11 is 5.40. The first kappa shape index (κ1) is 12.8. The first-order valence-electron chi connectivity index (χ1n) is 6.65. The van der Waals surface area contributed by atoms with Crippen LogP contribution in [0.15, 0.2) is 24.4 Å². The predicted molar refractivity (Wildman–Crippen MR) is 75.7 cm³/mol. The zero-order valence-electron chi connectivity index (χ0n) is 11.1. The van der Waals surface area contributed by atoms with Crippen LogP contribution < -0.4 is 0 Å². The monoisotopic (exact) mass is 249 g/mol. The first-order valence-corrected chi connectivity index (χ1v) is 7.06. The summed E-state index contributed by atoms with van der Waals surface area (Å²) in [5.41, 5.74) is 0.461. The largest absolute Gasteiger partial charge is 0.336 e.